The number of nitriles is 1. The SMILES string of the molecule is CCNC(C)(C#N)CCCOCCOC(C)(C)C. The van der Waals surface area contributed by atoms with Crippen molar-refractivity contribution in [3.63, 3.8) is 0 Å². The largest absolute Gasteiger partial charge is 0.379 e. The molecule has 0 aromatic carbocycles. The first kappa shape index (κ1) is 17.4. The van der Waals surface area contributed by atoms with Gasteiger partial charge in [0.05, 0.1) is 24.9 Å². The van der Waals surface area contributed by atoms with Crippen molar-refractivity contribution >= 4 is 0 Å². The fourth-order valence-corrected chi connectivity index (χ4v) is 1.61. The molecule has 0 aromatic rings. The monoisotopic (exact) mass is 256 g/mol. The Labute approximate surface area is 112 Å². The standard InChI is InChI=1S/C14H28N2O2/c1-6-16-14(5,12-15)8-7-9-17-10-11-18-13(2,3)4/h16H,6-11H2,1-5H3. The number of ether oxygens (including phenoxy) is 2. The molecule has 0 rings (SSSR count). The minimum absolute atomic E-state index is 0.103. The van der Waals surface area contributed by atoms with Gasteiger partial charge in [0.25, 0.3) is 0 Å². The summed E-state index contributed by atoms with van der Waals surface area (Å²) in [6.45, 7) is 12.7. The minimum atomic E-state index is -0.431. The maximum atomic E-state index is 9.07. The third-order valence-corrected chi connectivity index (χ3v) is 2.54. The lowest BCUT2D eigenvalue weighted by atomic mass is 9.98. The molecule has 0 saturated heterocycles. The van der Waals surface area contributed by atoms with E-state index in [1.165, 1.54) is 0 Å². The Morgan fingerprint density at radius 2 is 1.78 bits per heavy atom. The molecule has 0 amide bonds. The summed E-state index contributed by atoms with van der Waals surface area (Å²) in [6, 6.07) is 2.31. The Kier molecular flexibility index (Phi) is 8.17. The fraction of sp³-hybridized carbons (Fsp3) is 0.929. The second-order valence-electron chi connectivity index (χ2n) is 5.65. The van der Waals surface area contributed by atoms with Gasteiger partial charge in [0.15, 0.2) is 0 Å². The molecule has 4 nitrogen and oxygen atoms in total. The molecular formula is C14H28N2O2. The van der Waals surface area contributed by atoms with Crippen LogP contribution in [-0.2, 0) is 9.47 Å². The molecule has 0 fully saturated rings. The Morgan fingerprint density at radius 1 is 1.11 bits per heavy atom. The Morgan fingerprint density at radius 3 is 2.28 bits per heavy atom. The van der Waals surface area contributed by atoms with Crippen LogP contribution in [0.3, 0.4) is 0 Å². The van der Waals surface area contributed by atoms with Gasteiger partial charge in [-0.05, 0) is 47.1 Å². The summed E-state index contributed by atoms with van der Waals surface area (Å²) in [5, 5.41) is 12.3. The third-order valence-electron chi connectivity index (χ3n) is 2.54. The average Bonchev–Trinajstić information content (AvgIpc) is 2.27. The van der Waals surface area contributed by atoms with Crippen molar-refractivity contribution < 1.29 is 9.47 Å². The molecule has 18 heavy (non-hydrogen) atoms. The predicted molar refractivity (Wildman–Crippen MR) is 73.5 cm³/mol. The number of hydrogen-bond donors (Lipinski definition) is 1. The highest BCUT2D eigenvalue weighted by Gasteiger charge is 2.21. The topological polar surface area (TPSA) is 54.3 Å². The lowest BCUT2D eigenvalue weighted by Crippen LogP contribution is -2.40. The van der Waals surface area contributed by atoms with Crippen LogP contribution in [0.1, 0.15) is 47.5 Å². The highest BCUT2D eigenvalue weighted by Crippen LogP contribution is 2.11. The van der Waals surface area contributed by atoms with Gasteiger partial charge in [-0.25, -0.2) is 0 Å². The van der Waals surface area contributed by atoms with E-state index in [9.17, 15) is 0 Å². The summed E-state index contributed by atoms with van der Waals surface area (Å²) in [5.74, 6) is 0. The third kappa shape index (κ3) is 9.41. The van der Waals surface area contributed by atoms with Crippen LogP contribution in [0, 0.1) is 11.3 Å². The highest BCUT2D eigenvalue weighted by molar-refractivity contribution is 5.03. The van der Waals surface area contributed by atoms with E-state index in [4.69, 9.17) is 14.7 Å². The van der Waals surface area contributed by atoms with Gasteiger partial charge in [-0.1, -0.05) is 6.92 Å². The Bertz CT molecular complexity index is 256. The minimum Gasteiger partial charge on any atom is -0.379 e. The maximum absolute atomic E-state index is 9.07. The van der Waals surface area contributed by atoms with Crippen LogP contribution in [0.2, 0.25) is 0 Å². The van der Waals surface area contributed by atoms with E-state index in [-0.39, 0.29) is 5.60 Å². The van der Waals surface area contributed by atoms with Crippen molar-refractivity contribution in [3.05, 3.63) is 0 Å². The Balaban J connectivity index is 3.54. The summed E-state index contributed by atoms with van der Waals surface area (Å²) in [5.41, 5.74) is -0.534. The van der Waals surface area contributed by atoms with Crippen molar-refractivity contribution in [1.82, 2.24) is 5.32 Å². The number of nitrogens with zero attached hydrogens (tertiary/aromatic N) is 1. The maximum Gasteiger partial charge on any atom is 0.104 e. The molecule has 1 unspecified atom stereocenters. The molecule has 1 N–H and O–H groups in total. The molecule has 0 aliphatic rings. The normalized spacial score (nSPS) is 15.1. The first-order valence-electron chi connectivity index (χ1n) is 6.71. The van der Waals surface area contributed by atoms with E-state index >= 15 is 0 Å². The molecule has 0 aromatic heterocycles. The molecule has 1 atom stereocenters. The molecule has 0 aliphatic heterocycles. The van der Waals surface area contributed by atoms with Crippen molar-refractivity contribution in [1.29, 1.82) is 5.26 Å². The summed E-state index contributed by atoms with van der Waals surface area (Å²) in [7, 11) is 0. The molecule has 0 radical (unpaired) electrons. The summed E-state index contributed by atoms with van der Waals surface area (Å²) in [4.78, 5) is 0. The molecule has 0 saturated carbocycles. The molecule has 0 bridgehead atoms. The second-order valence-corrected chi connectivity index (χ2v) is 5.65. The first-order valence-corrected chi connectivity index (χ1v) is 6.71. The fourth-order valence-electron chi connectivity index (χ4n) is 1.61. The molecule has 4 heteroatoms. The lowest BCUT2D eigenvalue weighted by molar-refractivity contribution is -0.0354. The van der Waals surface area contributed by atoms with Gasteiger partial charge >= 0.3 is 0 Å². The number of nitrogens with one attached hydrogen (secondary N) is 1. The van der Waals surface area contributed by atoms with Crippen LogP contribution in [0.25, 0.3) is 0 Å². The lowest BCUT2D eigenvalue weighted by Gasteiger charge is -2.22. The zero-order chi connectivity index (χ0) is 14.1. The first-order chi connectivity index (χ1) is 8.33. The van der Waals surface area contributed by atoms with Gasteiger partial charge in [-0.3, -0.25) is 5.32 Å². The van der Waals surface area contributed by atoms with Crippen LogP contribution >= 0.6 is 0 Å². The van der Waals surface area contributed by atoms with Crippen molar-refractivity contribution in [2.45, 2.75) is 58.6 Å². The highest BCUT2D eigenvalue weighted by atomic mass is 16.5. The molecule has 0 heterocycles. The van der Waals surface area contributed by atoms with Crippen LogP contribution in [0.5, 0.6) is 0 Å². The van der Waals surface area contributed by atoms with Gasteiger partial charge in [-0.2, -0.15) is 5.26 Å². The second kappa shape index (κ2) is 8.47. The molecule has 106 valence electrons. The average molecular weight is 256 g/mol. The molecular weight excluding hydrogens is 228 g/mol. The zero-order valence-corrected chi connectivity index (χ0v) is 12.5. The van der Waals surface area contributed by atoms with Crippen molar-refractivity contribution in [2.75, 3.05) is 26.4 Å². The summed E-state index contributed by atoms with van der Waals surface area (Å²) >= 11 is 0. The van der Waals surface area contributed by atoms with Gasteiger partial charge in [0.1, 0.15) is 5.54 Å². The molecule has 0 spiro atoms. The zero-order valence-electron chi connectivity index (χ0n) is 12.5. The van der Waals surface area contributed by atoms with E-state index < -0.39 is 5.54 Å². The van der Waals surface area contributed by atoms with Gasteiger partial charge in [0, 0.05) is 6.61 Å². The number of hydrogen-bond acceptors (Lipinski definition) is 4. The van der Waals surface area contributed by atoms with E-state index in [1.54, 1.807) is 0 Å². The van der Waals surface area contributed by atoms with Gasteiger partial charge in [-0.15, -0.1) is 0 Å². The van der Waals surface area contributed by atoms with Gasteiger partial charge in [0.2, 0.25) is 0 Å². The predicted octanol–water partition coefficient (Wildman–Crippen LogP) is 2.49. The quantitative estimate of drug-likeness (QED) is 0.644. The van der Waals surface area contributed by atoms with Crippen LogP contribution in [0.15, 0.2) is 0 Å². The smallest absolute Gasteiger partial charge is 0.104 e. The van der Waals surface area contributed by atoms with Crippen molar-refractivity contribution in [2.24, 2.45) is 0 Å². The van der Waals surface area contributed by atoms with Gasteiger partial charge < -0.3 is 9.47 Å². The van der Waals surface area contributed by atoms with Crippen LogP contribution < -0.4 is 5.32 Å². The summed E-state index contributed by atoms with van der Waals surface area (Å²) < 4.78 is 11.0. The Hall–Kier alpha value is -0.630. The van der Waals surface area contributed by atoms with Crippen LogP contribution in [-0.4, -0.2) is 37.5 Å². The summed E-state index contributed by atoms with van der Waals surface area (Å²) in [6.07, 6.45) is 1.68. The van der Waals surface area contributed by atoms with Crippen LogP contribution in [0.4, 0.5) is 0 Å². The van der Waals surface area contributed by atoms with E-state index in [0.29, 0.717) is 19.8 Å². The van der Waals surface area contributed by atoms with Crippen molar-refractivity contribution in [3.8, 4) is 6.07 Å². The number of rotatable bonds is 9. The van der Waals surface area contributed by atoms with E-state index in [1.807, 2.05) is 34.6 Å². The molecule has 0 aliphatic carbocycles. The van der Waals surface area contributed by atoms with E-state index in [2.05, 4.69) is 11.4 Å². The van der Waals surface area contributed by atoms with E-state index in [0.717, 1.165) is 19.4 Å².